The predicted octanol–water partition coefficient (Wildman–Crippen LogP) is 4.12. The van der Waals surface area contributed by atoms with Crippen LogP contribution in [0.2, 0.25) is 0 Å². The highest BCUT2D eigenvalue weighted by Gasteiger charge is 2.23. The van der Waals surface area contributed by atoms with Crippen LogP contribution in [-0.2, 0) is 11.3 Å². The molecule has 0 saturated heterocycles. The van der Waals surface area contributed by atoms with Crippen LogP contribution in [0.5, 0.6) is 0 Å². The van der Waals surface area contributed by atoms with Crippen LogP contribution in [0.3, 0.4) is 0 Å². The van der Waals surface area contributed by atoms with Gasteiger partial charge in [0.25, 0.3) is 5.91 Å². The van der Waals surface area contributed by atoms with Crippen molar-refractivity contribution in [3.63, 3.8) is 0 Å². The molecule has 0 atom stereocenters. The zero-order valence-electron chi connectivity index (χ0n) is 15.8. The van der Waals surface area contributed by atoms with Gasteiger partial charge in [0.2, 0.25) is 0 Å². The second-order valence-electron chi connectivity index (χ2n) is 7.76. The number of benzene rings is 1. The highest BCUT2D eigenvalue weighted by atomic mass is 16.6. The fourth-order valence-corrected chi connectivity index (χ4v) is 3.09. The molecular formula is C20H30N2O3. The standard InChI is InChI=1S/C20H30N2O3/c1-20(2,3)25-19(24)21-14-15-10-12-16(13-11-15)18(23)22(4)17-8-6-5-7-9-17/h10-13,17H,5-9,14H2,1-4H3,(H,21,24). The second kappa shape index (κ2) is 8.37. The second-order valence-corrected chi connectivity index (χ2v) is 7.76. The van der Waals surface area contributed by atoms with Crippen LogP contribution in [-0.4, -0.2) is 35.6 Å². The summed E-state index contributed by atoms with van der Waals surface area (Å²) in [6.45, 7) is 5.86. The zero-order chi connectivity index (χ0) is 18.4. The Bertz CT molecular complexity index is 584. The van der Waals surface area contributed by atoms with Crippen molar-refractivity contribution in [1.82, 2.24) is 10.2 Å². The number of carbonyl (C=O) groups excluding carboxylic acids is 2. The van der Waals surface area contributed by atoms with Crippen molar-refractivity contribution in [2.45, 2.75) is 71.1 Å². The van der Waals surface area contributed by atoms with E-state index in [2.05, 4.69) is 5.32 Å². The number of carbonyl (C=O) groups is 2. The summed E-state index contributed by atoms with van der Waals surface area (Å²) in [7, 11) is 1.90. The van der Waals surface area contributed by atoms with Crippen molar-refractivity contribution in [3.05, 3.63) is 35.4 Å². The van der Waals surface area contributed by atoms with Gasteiger partial charge in [-0.25, -0.2) is 4.79 Å². The molecule has 25 heavy (non-hydrogen) atoms. The van der Waals surface area contributed by atoms with Crippen molar-refractivity contribution in [2.24, 2.45) is 0 Å². The Kier molecular flexibility index (Phi) is 6.45. The van der Waals surface area contributed by atoms with Gasteiger partial charge in [0.05, 0.1) is 0 Å². The zero-order valence-corrected chi connectivity index (χ0v) is 15.8. The smallest absolute Gasteiger partial charge is 0.407 e. The molecule has 2 rings (SSSR count). The quantitative estimate of drug-likeness (QED) is 0.892. The Labute approximate surface area is 150 Å². The van der Waals surface area contributed by atoms with Crippen LogP contribution in [0, 0.1) is 0 Å². The number of rotatable bonds is 4. The fraction of sp³-hybridized carbons (Fsp3) is 0.600. The molecule has 5 nitrogen and oxygen atoms in total. The lowest BCUT2D eigenvalue weighted by Gasteiger charge is -2.31. The van der Waals surface area contributed by atoms with Gasteiger partial charge in [0, 0.05) is 25.2 Å². The van der Waals surface area contributed by atoms with Gasteiger partial charge in [-0.05, 0) is 51.3 Å². The van der Waals surface area contributed by atoms with E-state index in [-0.39, 0.29) is 5.91 Å². The highest BCUT2D eigenvalue weighted by molar-refractivity contribution is 5.94. The van der Waals surface area contributed by atoms with E-state index in [4.69, 9.17) is 4.74 Å². The summed E-state index contributed by atoms with van der Waals surface area (Å²) < 4.78 is 5.21. The summed E-state index contributed by atoms with van der Waals surface area (Å²) in [4.78, 5) is 26.2. The maximum Gasteiger partial charge on any atom is 0.407 e. The Morgan fingerprint density at radius 3 is 2.28 bits per heavy atom. The average molecular weight is 346 g/mol. The van der Waals surface area contributed by atoms with Gasteiger partial charge < -0.3 is 15.0 Å². The van der Waals surface area contributed by atoms with Gasteiger partial charge in [0.1, 0.15) is 5.60 Å². The SMILES string of the molecule is CN(C(=O)c1ccc(CNC(=O)OC(C)(C)C)cc1)C1CCCCC1. The summed E-state index contributed by atoms with van der Waals surface area (Å²) in [6, 6.07) is 7.76. The van der Waals surface area contributed by atoms with Gasteiger partial charge >= 0.3 is 6.09 Å². The maximum absolute atomic E-state index is 12.6. The monoisotopic (exact) mass is 346 g/mol. The summed E-state index contributed by atoms with van der Waals surface area (Å²) in [6.07, 6.45) is 5.44. The normalized spacial score (nSPS) is 15.5. The first-order valence-corrected chi connectivity index (χ1v) is 9.09. The van der Waals surface area contributed by atoms with Gasteiger partial charge in [-0.2, -0.15) is 0 Å². The van der Waals surface area contributed by atoms with Crippen molar-refractivity contribution < 1.29 is 14.3 Å². The Morgan fingerprint density at radius 2 is 1.72 bits per heavy atom. The van der Waals surface area contributed by atoms with E-state index in [1.165, 1.54) is 19.3 Å². The number of amides is 2. The Balaban J connectivity index is 1.88. The molecule has 138 valence electrons. The number of nitrogens with zero attached hydrogens (tertiary/aromatic N) is 1. The Hall–Kier alpha value is -2.04. The minimum atomic E-state index is -0.510. The lowest BCUT2D eigenvalue weighted by molar-refractivity contribution is 0.0523. The van der Waals surface area contributed by atoms with Crippen LogP contribution in [0.4, 0.5) is 4.79 Å². The predicted molar refractivity (Wildman–Crippen MR) is 98.5 cm³/mol. The van der Waals surface area contributed by atoms with E-state index in [0.717, 1.165) is 18.4 Å². The minimum Gasteiger partial charge on any atom is -0.444 e. The molecule has 1 N–H and O–H groups in total. The van der Waals surface area contributed by atoms with Crippen molar-refractivity contribution >= 4 is 12.0 Å². The summed E-state index contributed by atoms with van der Waals surface area (Å²) in [5, 5.41) is 2.72. The van der Waals surface area contributed by atoms with Gasteiger partial charge in [-0.15, -0.1) is 0 Å². The van der Waals surface area contributed by atoms with E-state index in [9.17, 15) is 9.59 Å². The molecule has 0 bridgehead atoms. The number of hydrogen-bond donors (Lipinski definition) is 1. The third-order valence-electron chi connectivity index (χ3n) is 4.48. The first-order chi connectivity index (χ1) is 11.8. The van der Waals surface area contributed by atoms with Crippen LogP contribution in [0.15, 0.2) is 24.3 Å². The Morgan fingerprint density at radius 1 is 1.12 bits per heavy atom. The van der Waals surface area contributed by atoms with E-state index in [0.29, 0.717) is 18.2 Å². The average Bonchev–Trinajstić information content (AvgIpc) is 2.58. The summed E-state index contributed by atoms with van der Waals surface area (Å²) >= 11 is 0. The molecule has 0 heterocycles. The highest BCUT2D eigenvalue weighted by Crippen LogP contribution is 2.23. The third-order valence-corrected chi connectivity index (χ3v) is 4.48. The minimum absolute atomic E-state index is 0.0681. The van der Waals surface area contributed by atoms with Gasteiger partial charge in [-0.1, -0.05) is 31.4 Å². The molecule has 1 aliphatic rings. The number of ether oxygens (including phenoxy) is 1. The van der Waals surface area contributed by atoms with Crippen LogP contribution < -0.4 is 5.32 Å². The number of nitrogens with one attached hydrogen (secondary N) is 1. The molecular weight excluding hydrogens is 316 g/mol. The molecule has 0 unspecified atom stereocenters. The molecule has 1 aromatic carbocycles. The lowest BCUT2D eigenvalue weighted by Crippen LogP contribution is -2.38. The molecule has 2 amide bonds. The summed E-state index contributed by atoms with van der Waals surface area (Å²) in [5.41, 5.74) is 1.11. The molecule has 0 radical (unpaired) electrons. The van der Waals surface area contributed by atoms with E-state index < -0.39 is 11.7 Å². The fourth-order valence-electron chi connectivity index (χ4n) is 3.09. The summed E-state index contributed by atoms with van der Waals surface area (Å²) in [5.74, 6) is 0.0681. The lowest BCUT2D eigenvalue weighted by atomic mass is 9.94. The third kappa shape index (κ3) is 6.07. The maximum atomic E-state index is 12.6. The molecule has 1 aromatic rings. The van der Waals surface area contributed by atoms with Gasteiger partial charge in [0.15, 0.2) is 0 Å². The first-order valence-electron chi connectivity index (χ1n) is 9.09. The van der Waals surface area contributed by atoms with Crippen LogP contribution in [0.1, 0.15) is 68.8 Å². The topological polar surface area (TPSA) is 58.6 Å². The van der Waals surface area contributed by atoms with Crippen molar-refractivity contribution in [1.29, 1.82) is 0 Å². The molecule has 0 spiro atoms. The molecule has 0 aromatic heterocycles. The largest absolute Gasteiger partial charge is 0.444 e. The molecule has 1 fully saturated rings. The number of hydrogen-bond acceptors (Lipinski definition) is 3. The van der Waals surface area contributed by atoms with Crippen LogP contribution in [0.25, 0.3) is 0 Å². The van der Waals surface area contributed by atoms with Crippen molar-refractivity contribution in [2.75, 3.05) is 7.05 Å². The molecule has 5 heteroatoms. The molecule has 1 saturated carbocycles. The first kappa shape index (κ1) is 19.3. The molecule has 0 aliphatic heterocycles. The van der Waals surface area contributed by atoms with Gasteiger partial charge in [-0.3, -0.25) is 4.79 Å². The van der Waals surface area contributed by atoms with Crippen LogP contribution >= 0.6 is 0 Å². The van der Waals surface area contributed by atoms with E-state index in [1.807, 2.05) is 57.0 Å². The van der Waals surface area contributed by atoms with E-state index in [1.54, 1.807) is 0 Å². The number of alkyl carbamates (subject to hydrolysis) is 1. The molecule has 1 aliphatic carbocycles. The van der Waals surface area contributed by atoms with E-state index >= 15 is 0 Å². The van der Waals surface area contributed by atoms with Crippen molar-refractivity contribution in [3.8, 4) is 0 Å².